The minimum Gasteiger partial charge on any atom is -0.356 e. The van der Waals surface area contributed by atoms with Crippen LogP contribution in [0.3, 0.4) is 0 Å². The second-order valence-electron chi connectivity index (χ2n) is 2.54. The van der Waals surface area contributed by atoms with E-state index in [1.807, 2.05) is 12.2 Å². The van der Waals surface area contributed by atoms with E-state index in [0.717, 1.165) is 10.0 Å². The number of rotatable bonds is 0. The molecule has 0 spiro atoms. The Kier molecular flexibility index (Phi) is 1.77. The Labute approximate surface area is 78.0 Å². The molecular formula is C8H7BrN2O. The van der Waals surface area contributed by atoms with Crippen LogP contribution in [0, 0.1) is 0 Å². The van der Waals surface area contributed by atoms with Gasteiger partial charge >= 0.3 is 0 Å². The second kappa shape index (κ2) is 2.79. The van der Waals surface area contributed by atoms with Crippen LogP contribution in [0.15, 0.2) is 16.7 Å². The van der Waals surface area contributed by atoms with Gasteiger partial charge in [-0.05, 0) is 15.9 Å². The molecule has 3 nitrogen and oxygen atoms in total. The number of aromatic amines is 1. The molecule has 1 aromatic rings. The van der Waals surface area contributed by atoms with Crippen molar-refractivity contribution >= 4 is 27.9 Å². The van der Waals surface area contributed by atoms with E-state index >= 15 is 0 Å². The summed E-state index contributed by atoms with van der Waals surface area (Å²) in [5, 5.41) is 2.74. The van der Waals surface area contributed by atoms with Crippen LogP contribution >= 0.6 is 15.9 Å². The number of nitrogens with one attached hydrogen (secondary N) is 2. The molecule has 1 aliphatic heterocycles. The monoisotopic (exact) mass is 226 g/mol. The highest BCUT2D eigenvalue weighted by molar-refractivity contribution is 9.10. The van der Waals surface area contributed by atoms with Crippen LogP contribution in [0.25, 0.3) is 6.08 Å². The van der Waals surface area contributed by atoms with Crippen molar-refractivity contribution in [3.05, 3.63) is 28.0 Å². The number of fused-ring (bicyclic) bond motifs is 1. The van der Waals surface area contributed by atoms with Crippen LogP contribution in [-0.4, -0.2) is 17.4 Å². The molecule has 0 aromatic carbocycles. The summed E-state index contributed by atoms with van der Waals surface area (Å²) < 4.78 is 0.922. The first kappa shape index (κ1) is 7.61. The van der Waals surface area contributed by atoms with Gasteiger partial charge in [-0.2, -0.15) is 0 Å². The third-order valence-electron chi connectivity index (χ3n) is 1.76. The first-order chi connectivity index (χ1) is 5.79. The van der Waals surface area contributed by atoms with E-state index in [0.29, 0.717) is 12.2 Å². The van der Waals surface area contributed by atoms with Gasteiger partial charge in [0.15, 0.2) is 0 Å². The quantitative estimate of drug-likeness (QED) is 0.693. The van der Waals surface area contributed by atoms with Crippen molar-refractivity contribution in [2.24, 2.45) is 0 Å². The maximum Gasteiger partial charge on any atom is 0.268 e. The van der Waals surface area contributed by atoms with E-state index in [1.165, 1.54) is 0 Å². The maximum atomic E-state index is 11.3. The molecule has 1 aliphatic rings. The Bertz CT molecular complexity index is 354. The Balaban J connectivity index is 2.58. The fraction of sp³-hybridized carbons (Fsp3) is 0.125. The van der Waals surface area contributed by atoms with E-state index in [2.05, 4.69) is 26.2 Å². The van der Waals surface area contributed by atoms with Crippen LogP contribution in [0.1, 0.15) is 16.1 Å². The van der Waals surface area contributed by atoms with E-state index in [9.17, 15) is 4.79 Å². The SMILES string of the molecule is O=C1NCC=Cc2c(Br)c[nH]c21. The topological polar surface area (TPSA) is 44.9 Å². The van der Waals surface area contributed by atoms with Gasteiger partial charge in [-0.15, -0.1) is 0 Å². The molecule has 4 heteroatoms. The summed E-state index contributed by atoms with van der Waals surface area (Å²) in [6.07, 6.45) is 5.61. The van der Waals surface area contributed by atoms with E-state index in [4.69, 9.17) is 0 Å². The van der Waals surface area contributed by atoms with Crippen molar-refractivity contribution < 1.29 is 4.79 Å². The second-order valence-corrected chi connectivity index (χ2v) is 3.39. The van der Waals surface area contributed by atoms with Crippen molar-refractivity contribution in [1.82, 2.24) is 10.3 Å². The standard InChI is InChI=1S/C8H7BrN2O/c9-6-4-11-7-5(6)2-1-3-10-8(7)12/h1-2,4,11H,3H2,(H,10,12). The van der Waals surface area contributed by atoms with Crippen LogP contribution in [-0.2, 0) is 0 Å². The third kappa shape index (κ3) is 1.08. The molecule has 0 fully saturated rings. The Morgan fingerprint density at radius 3 is 3.17 bits per heavy atom. The van der Waals surface area contributed by atoms with E-state index < -0.39 is 0 Å². The van der Waals surface area contributed by atoms with Gasteiger partial charge in [0.1, 0.15) is 5.69 Å². The number of hydrogen-bond acceptors (Lipinski definition) is 1. The van der Waals surface area contributed by atoms with Gasteiger partial charge in [-0.3, -0.25) is 4.79 Å². The molecule has 0 unspecified atom stereocenters. The highest BCUT2D eigenvalue weighted by atomic mass is 79.9. The lowest BCUT2D eigenvalue weighted by Crippen LogP contribution is -2.22. The number of hydrogen-bond donors (Lipinski definition) is 2. The maximum absolute atomic E-state index is 11.3. The summed E-state index contributed by atoms with van der Waals surface area (Å²) >= 11 is 3.35. The molecular weight excluding hydrogens is 220 g/mol. The van der Waals surface area contributed by atoms with Crippen LogP contribution < -0.4 is 5.32 Å². The molecule has 2 rings (SSSR count). The average Bonchev–Trinajstić information content (AvgIpc) is 2.30. The predicted molar refractivity (Wildman–Crippen MR) is 49.9 cm³/mol. The van der Waals surface area contributed by atoms with Crippen molar-refractivity contribution in [2.45, 2.75) is 0 Å². The normalized spacial score (nSPS) is 15.2. The highest BCUT2D eigenvalue weighted by Crippen LogP contribution is 2.22. The summed E-state index contributed by atoms with van der Waals surface area (Å²) in [6.45, 7) is 0.591. The molecule has 1 aromatic heterocycles. The van der Waals surface area contributed by atoms with Gasteiger partial charge in [-0.25, -0.2) is 0 Å². The van der Waals surface area contributed by atoms with Crippen molar-refractivity contribution in [3.63, 3.8) is 0 Å². The van der Waals surface area contributed by atoms with Crippen LogP contribution in [0.2, 0.25) is 0 Å². The Hall–Kier alpha value is -1.03. The first-order valence-corrected chi connectivity index (χ1v) is 4.40. The van der Waals surface area contributed by atoms with Gasteiger partial charge in [0, 0.05) is 22.8 Å². The number of carbonyl (C=O) groups excluding carboxylic acids is 1. The van der Waals surface area contributed by atoms with E-state index in [1.54, 1.807) is 6.20 Å². The van der Waals surface area contributed by atoms with Gasteiger partial charge in [0.05, 0.1) is 0 Å². The molecule has 2 N–H and O–H groups in total. The molecule has 1 amide bonds. The summed E-state index contributed by atoms with van der Waals surface area (Å²) in [6, 6.07) is 0. The molecule has 0 radical (unpaired) electrons. The highest BCUT2D eigenvalue weighted by Gasteiger charge is 2.15. The van der Waals surface area contributed by atoms with Gasteiger partial charge < -0.3 is 10.3 Å². The summed E-state index contributed by atoms with van der Waals surface area (Å²) in [5.41, 5.74) is 1.54. The molecule has 62 valence electrons. The van der Waals surface area contributed by atoms with Gasteiger partial charge in [0.2, 0.25) is 0 Å². The summed E-state index contributed by atoms with van der Waals surface area (Å²) in [4.78, 5) is 14.2. The lowest BCUT2D eigenvalue weighted by Gasteiger charge is -1.96. The third-order valence-corrected chi connectivity index (χ3v) is 2.42. The molecule has 12 heavy (non-hydrogen) atoms. The minimum atomic E-state index is -0.0549. The number of H-pyrrole nitrogens is 1. The summed E-state index contributed by atoms with van der Waals surface area (Å²) in [5.74, 6) is -0.0549. The zero-order valence-electron chi connectivity index (χ0n) is 6.23. The molecule has 0 aliphatic carbocycles. The molecule has 0 saturated heterocycles. The zero-order chi connectivity index (χ0) is 8.55. The minimum absolute atomic E-state index is 0.0549. The van der Waals surface area contributed by atoms with Crippen molar-refractivity contribution in [1.29, 1.82) is 0 Å². The molecule has 0 atom stereocenters. The summed E-state index contributed by atoms with van der Waals surface area (Å²) in [7, 11) is 0. The first-order valence-electron chi connectivity index (χ1n) is 3.60. The number of halogens is 1. The predicted octanol–water partition coefficient (Wildman–Crippen LogP) is 1.53. The largest absolute Gasteiger partial charge is 0.356 e. The van der Waals surface area contributed by atoms with Gasteiger partial charge in [0.25, 0.3) is 5.91 Å². The number of amides is 1. The zero-order valence-corrected chi connectivity index (χ0v) is 7.81. The molecule has 2 heterocycles. The lowest BCUT2D eigenvalue weighted by molar-refractivity contribution is 0.0954. The Morgan fingerprint density at radius 2 is 2.33 bits per heavy atom. The molecule has 0 bridgehead atoms. The number of carbonyl (C=O) groups is 1. The number of aromatic nitrogens is 1. The van der Waals surface area contributed by atoms with Gasteiger partial charge in [-0.1, -0.05) is 12.2 Å². The fourth-order valence-electron chi connectivity index (χ4n) is 1.18. The van der Waals surface area contributed by atoms with Crippen LogP contribution in [0.4, 0.5) is 0 Å². The lowest BCUT2D eigenvalue weighted by atomic mass is 10.2. The van der Waals surface area contributed by atoms with Crippen molar-refractivity contribution in [3.8, 4) is 0 Å². The van der Waals surface area contributed by atoms with Crippen molar-refractivity contribution in [2.75, 3.05) is 6.54 Å². The average molecular weight is 227 g/mol. The smallest absolute Gasteiger partial charge is 0.268 e. The fourth-order valence-corrected chi connectivity index (χ4v) is 1.62. The Morgan fingerprint density at radius 1 is 1.50 bits per heavy atom. The molecule has 0 saturated carbocycles. The van der Waals surface area contributed by atoms with E-state index in [-0.39, 0.29) is 5.91 Å². The van der Waals surface area contributed by atoms with Crippen LogP contribution in [0.5, 0.6) is 0 Å².